The van der Waals surface area contributed by atoms with Gasteiger partial charge in [0.15, 0.2) is 11.3 Å². The zero-order valence-electron chi connectivity index (χ0n) is 16.8. The lowest BCUT2D eigenvalue weighted by atomic mass is 10.5. The zero-order chi connectivity index (χ0) is 19.0. The van der Waals surface area contributed by atoms with Gasteiger partial charge in [-0.1, -0.05) is 48.5 Å². The fourth-order valence-electron chi connectivity index (χ4n) is 2.17. The van der Waals surface area contributed by atoms with Gasteiger partial charge in [0.2, 0.25) is 5.78 Å². The molecule has 0 aliphatic carbocycles. The van der Waals surface area contributed by atoms with E-state index in [1.54, 1.807) is 0 Å². The van der Waals surface area contributed by atoms with Crippen molar-refractivity contribution in [3.8, 4) is 0 Å². The molecule has 0 bridgehead atoms. The third kappa shape index (κ3) is 3.66. The number of fused-ring (bicyclic) bond motifs is 2. The lowest BCUT2D eigenvalue weighted by Gasteiger charge is -2.04. The molecule has 24 heavy (non-hydrogen) atoms. The Hall–Kier alpha value is -2.18. The topological polar surface area (TPSA) is 70.0 Å². The first kappa shape index (κ1) is 21.8. The fraction of sp³-hybridized carbons (Fsp3) is 0.647. The first-order valence-electron chi connectivity index (χ1n) is 8.82. The van der Waals surface area contributed by atoms with Crippen LogP contribution in [0.2, 0.25) is 0 Å². The Kier molecular flexibility index (Phi) is 8.95. The minimum Gasteiger partial charge on any atom is -0.317 e. The number of imidazole rings is 1. The van der Waals surface area contributed by atoms with Crippen molar-refractivity contribution >= 4 is 16.9 Å². The second-order valence-corrected chi connectivity index (χ2v) is 4.35. The van der Waals surface area contributed by atoms with Crippen LogP contribution in [0.4, 0.5) is 0 Å². The lowest BCUT2D eigenvalue weighted by Crippen LogP contribution is -2.19. The molecule has 0 N–H and O–H groups in total. The van der Waals surface area contributed by atoms with Crippen molar-refractivity contribution in [2.45, 2.75) is 61.8 Å². The Labute approximate surface area is 144 Å². The molecule has 136 valence electrons. The molecule has 7 heteroatoms. The molecule has 0 aliphatic heterocycles. The van der Waals surface area contributed by atoms with Gasteiger partial charge >= 0.3 is 5.56 Å². The van der Waals surface area contributed by atoms with Gasteiger partial charge in [0.05, 0.1) is 0 Å². The van der Waals surface area contributed by atoms with Crippen LogP contribution in [0.1, 0.15) is 60.1 Å². The maximum absolute atomic E-state index is 12.3. The number of hydrogen-bond acceptors (Lipinski definition) is 4. The molecule has 3 heterocycles. The molecule has 0 spiro atoms. The second-order valence-electron chi connectivity index (χ2n) is 4.35. The summed E-state index contributed by atoms with van der Waals surface area (Å²) >= 11 is 0. The third-order valence-electron chi connectivity index (χ3n) is 3.25. The minimum absolute atomic E-state index is 0.214. The lowest BCUT2D eigenvalue weighted by molar-refractivity contribution is 0.800. The molecule has 7 nitrogen and oxygen atoms in total. The van der Waals surface area contributed by atoms with Crippen LogP contribution < -0.4 is 5.56 Å². The normalized spacial score (nSPS) is 9.58. The summed E-state index contributed by atoms with van der Waals surface area (Å²) in [5.41, 5.74) is 0.978. The summed E-state index contributed by atoms with van der Waals surface area (Å²) in [5, 5.41) is 4.20. The predicted molar refractivity (Wildman–Crippen MR) is 101 cm³/mol. The van der Waals surface area contributed by atoms with E-state index in [1.165, 1.54) is 4.52 Å². The van der Waals surface area contributed by atoms with Gasteiger partial charge in [0.1, 0.15) is 11.5 Å². The molecule has 3 rings (SSSR count). The minimum atomic E-state index is -0.214. The summed E-state index contributed by atoms with van der Waals surface area (Å²) in [6.07, 6.45) is 0.698. The first-order valence-corrected chi connectivity index (χ1v) is 8.82. The number of hydrogen-bond donors (Lipinski definition) is 0. The van der Waals surface area contributed by atoms with Crippen LogP contribution in [0.5, 0.6) is 0 Å². The van der Waals surface area contributed by atoms with Crippen molar-refractivity contribution in [1.82, 2.24) is 28.7 Å². The molecule has 3 aromatic rings. The molecule has 0 fully saturated rings. The van der Waals surface area contributed by atoms with Gasteiger partial charge in [-0.2, -0.15) is 9.50 Å². The first-order chi connectivity index (χ1) is 11.5. The summed E-state index contributed by atoms with van der Waals surface area (Å²) < 4.78 is 5.06. The Morgan fingerprint density at radius 2 is 1.46 bits per heavy atom. The van der Waals surface area contributed by atoms with Crippen LogP contribution >= 0.6 is 0 Å². The van der Waals surface area contributed by atoms with Crippen LogP contribution in [0.25, 0.3) is 16.9 Å². The summed E-state index contributed by atoms with van der Waals surface area (Å²) in [6, 6.07) is 0. The van der Waals surface area contributed by atoms with Crippen LogP contribution in [0.3, 0.4) is 0 Å². The third-order valence-corrected chi connectivity index (χ3v) is 3.25. The molecule has 0 saturated heterocycles. The molecule has 3 aromatic heterocycles. The molecule has 0 atom stereocenters. The van der Waals surface area contributed by atoms with Gasteiger partial charge in [0.25, 0.3) is 0 Å². The average molecular weight is 336 g/mol. The van der Waals surface area contributed by atoms with Crippen LogP contribution in [-0.2, 0) is 20.5 Å². The van der Waals surface area contributed by atoms with E-state index in [4.69, 9.17) is 0 Å². The largest absolute Gasteiger partial charge is 0.317 e. The Morgan fingerprint density at radius 1 is 0.917 bits per heavy atom. The van der Waals surface area contributed by atoms with E-state index in [0.717, 1.165) is 11.5 Å². The quantitative estimate of drug-likeness (QED) is 0.684. The molecule has 0 saturated carbocycles. The molecule has 0 amide bonds. The van der Waals surface area contributed by atoms with E-state index in [2.05, 4.69) is 15.1 Å². The summed E-state index contributed by atoms with van der Waals surface area (Å²) in [7, 11) is 3.75. The van der Waals surface area contributed by atoms with Crippen molar-refractivity contribution in [3.05, 3.63) is 22.0 Å². The van der Waals surface area contributed by atoms with Crippen molar-refractivity contribution < 1.29 is 0 Å². The van der Waals surface area contributed by atoms with Gasteiger partial charge in [0, 0.05) is 20.5 Å². The fourth-order valence-corrected chi connectivity index (χ4v) is 2.17. The molecule has 0 aromatic carbocycles. The predicted octanol–water partition coefficient (Wildman–Crippen LogP) is 3.26. The maximum atomic E-state index is 12.3. The maximum Gasteiger partial charge on any atom is 0.303 e. The number of aryl methyl sites for hydroxylation is 4. The SMILES string of the molecule is CC.CC.CC.CCc1nc2n(C)c3c(nc(C)n3C)c(=O)n2n1. The van der Waals surface area contributed by atoms with E-state index in [0.29, 0.717) is 23.5 Å². The molecular formula is C17H32N6O. The number of aromatic nitrogens is 6. The van der Waals surface area contributed by atoms with E-state index in [1.807, 2.05) is 78.6 Å². The van der Waals surface area contributed by atoms with E-state index >= 15 is 0 Å². The zero-order valence-corrected chi connectivity index (χ0v) is 16.8. The second kappa shape index (κ2) is 9.85. The van der Waals surface area contributed by atoms with Crippen molar-refractivity contribution in [2.24, 2.45) is 14.1 Å². The van der Waals surface area contributed by atoms with Gasteiger partial charge in [-0.25, -0.2) is 4.98 Å². The standard InChI is InChI=1S/C11H14N6O.3C2H6/c1-5-7-13-11-16(4)9-8(10(18)17(11)14-7)12-6(2)15(9)3;3*1-2/h5H2,1-4H3;3*1-2H3. The van der Waals surface area contributed by atoms with Gasteiger partial charge in [-0.05, 0) is 6.92 Å². The summed E-state index contributed by atoms with van der Waals surface area (Å²) in [4.78, 5) is 21.0. The average Bonchev–Trinajstić information content (AvgIpc) is 3.21. The van der Waals surface area contributed by atoms with Crippen LogP contribution in [-0.4, -0.2) is 28.7 Å². The van der Waals surface area contributed by atoms with Gasteiger partial charge < -0.3 is 4.57 Å². The highest BCUT2D eigenvalue weighted by Crippen LogP contribution is 2.12. The number of rotatable bonds is 1. The van der Waals surface area contributed by atoms with Crippen molar-refractivity contribution in [3.63, 3.8) is 0 Å². The van der Waals surface area contributed by atoms with E-state index in [-0.39, 0.29) is 5.56 Å². The molecular weight excluding hydrogens is 304 g/mol. The van der Waals surface area contributed by atoms with Gasteiger partial charge in [-0.3, -0.25) is 9.36 Å². The van der Waals surface area contributed by atoms with E-state index in [9.17, 15) is 4.79 Å². The monoisotopic (exact) mass is 336 g/mol. The molecule has 0 unspecified atom stereocenters. The Bertz CT molecular complexity index is 825. The Balaban J connectivity index is 0.000000798. The van der Waals surface area contributed by atoms with E-state index < -0.39 is 0 Å². The highest BCUT2D eigenvalue weighted by atomic mass is 16.1. The van der Waals surface area contributed by atoms with Crippen molar-refractivity contribution in [1.29, 1.82) is 0 Å². The smallest absolute Gasteiger partial charge is 0.303 e. The number of nitrogens with zero attached hydrogens (tertiary/aromatic N) is 6. The molecule has 0 radical (unpaired) electrons. The molecule has 0 aliphatic rings. The summed E-state index contributed by atoms with van der Waals surface area (Å²) in [6.45, 7) is 15.8. The Morgan fingerprint density at radius 3 is 1.96 bits per heavy atom. The van der Waals surface area contributed by atoms with Crippen LogP contribution in [0.15, 0.2) is 4.79 Å². The summed E-state index contributed by atoms with van der Waals surface area (Å²) in [5.74, 6) is 2.00. The van der Waals surface area contributed by atoms with Crippen LogP contribution in [0, 0.1) is 6.92 Å². The van der Waals surface area contributed by atoms with Gasteiger partial charge in [-0.15, -0.1) is 5.10 Å². The highest BCUT2D eigenvalue weighted by molar-refractivity contribution is 5.73. The highest BCUT2D eigenvalue weighted by Gasteiger charge is 2.17. The van der Waals surface area contributed by atoms with Crippen molar-refractivity contribution in [2.75, 3.05) is 0 Å².